The topological polar surface area (TPSA) is 12.5 Å². The minimum Gasteiger partial charge on any atom is -0.384 e. The third-order valence-corrected chi connectivity index (χ3v) is 3.56. The van der Waals surface area contributed by atoms with Crippen LogP contribution < -0.4 is 0 Å². The van der Waals surface area contributed by atoms with Gasteiger partial charge >= 0.3 is 0 Å². The van der Waals surface area contributed by atoms with Gasteiger partial charge in [-0.2, -0.15) is 12.6 Å². The molecule has 0 spiro atoms. The van der Waals surface area contributed by atoms with Gasteiger partial charge in [-0.1, -0.05) is 6.42 Å². The molecule has 1 heterocycles. The molecule has 0 amide bonds. The molecule has 0 bridgehead atoms. The number of piperidine rings is 1. The Morgan fingerprint density at radius 3 is 2.53 bits per heavy atom. The molecule has 0 aromatic rings. The zero-order valence-corrected chi connectivity index (χ0v) is 10.8. The van der Waals surface area contributed by atoms with Crippen molar-refractivity contribution in [1.82, 2.24) is 4.90 Å². The van der Waals surface area contributed by atoms with Crippen LogP contribution >= 0.6 is 12.6 Å². The lowest BCUT2D eigenvalue weighted by molar-refractivity contribution is 0.0988. The molecule has 1 aliphatic heterocycles. The van der Waals surface area contributed by atoms with Crippen molar-refractivity contribution >= 4 is 12.6 Å². The minimum absolute atomic E-state index is 0.809. The molecule has 1 rings (SSSR count). The normalized spacial score (nSPS) is 19.6. The maximum atomic E-state index is 5.20. The Hall–Kier alpha value is 0.270. The number of hydrogen-bond donors (Lipinski definition) is 1. The zero-order valence-electron chi connectivity index (χ0n) is 9.95. The van der Waals surface area contributed by atoms with E-state index < -0.39 is 0 Å². The smallest absolute Gasteiger partial charge is 0.0491 e. The number of unbranched alkanes of at least 4 members (excludes halogenated alkanes) is 2. The fourth-order valence-corrected chi connectivity index (χ4v) is 2.46. The number of nitrogens with zero attached hydrogens (tertiary/aromatic N) is 1. The second-order valence-electron chi connectivity index (χ2n) is 4.52. The van der Waals surface area contributed by atoms with Gasteiger partial charge in [-0.25, -0.2) is 0 Å². The summed E-state index contributed by atoms with van der Waals surface area (Å²) >= 11 is 4.23. The van der Waals surface area contributed by atoms with E-state index in [0.717, 1.165) is 18.3 Å². The van der Waals surface area contributed by atoms with Crippen molar-refractivity contribution in [2.75, 3.05) is 39.1 Å². The monoisotopic (exact) mass is 231 g/mol. The quantitative estimate of drug-likeness (QED) is 0.534. The molecule has 90 valence electrons. The predicted octanol–water partition coefficient (Wildman–Crippen LogP) is 2.44. The number of rotatable bonds is 7. The van der Waals surface area contributed by atoms with Crippen molar-refractivity contribution in [3.8, 4) is 0 Å². The summed E-state index contributed by atoms with van der Waals surface area (Å²) in [5.74, 6) is 1.85. The van der Waals surface area contributed by atoms with Crippen molar-refractivity contribution in [3.63, 3.8) is 0 Å². The lowest BCUT2D eigenvalue weighted by Gasteiger charge is -2.31. The fraction of sp³-hybridized carbons (Fsp3) is 1.00. The Morgan fingerprint density at radius 1 is 1.20 bits per heavy atom. The van der Waals surface area contributed by atoms with E-state index in [1.165, 1.54) is 51.7 Å². The molecule has 0 aromatic heterocycles. The average Bonchev–Trinajstić information content (AvgIpc) is 2.27. The summed E-state index contributed by atoms with van der Waals surface area (Å²) in [4.78, 5) is 2.60. The molecule has 3 heteroatoms. The van der Waals surface area contributed by atoms with E-state index in [4.69, 9.17) is 4.74 Å². The zero-order chi connectivity index (χ0) is 10.9. The second kappa shape index (κ2) is 8.43. The van der Waals surface area contributed by atoms with Crippen LogP contribution in [0.3, 0.4) is 0 Å². The van der Waals surface area contributed by atoms with Crippen LogP contribution in [-0.4, -0.2) is 44.0 Å². The van der Waals surface area contributed by atoms with Crippen LogP contribution in [0.15, 0.2) is 0 Å². The molecular formula is C12H25NOS. The molecule has 15 heavy (non-hydrogen) atoms. The van der Waals surface area contributed by atoms with Gasteiger partial charge in [0.2, 0.25) is 0 Å². The SMILES string of the molecule is COCC1CCN(CCCCCS)CC1. The van der Waals surface area contributed by atoms with Gasteiger partial charge in [-0.3, -0.25) is 0 Å². The van der Waals surface area contributed by atoms with Crippen LogP contribution in [0.1, 0.15) is 32.1 Å². The largest absolute Gasteiger partial charge is 0.384 e. The first kappa shape index (κ1) is 13.3. The highest BCUT2D eigenvalue weighted by Gasteiger charge is 2.18. The predicted molar refractivity (Wildman–Crippen MR) is 68.7 cm³/mol. The third-order valence-electron chi connectivity index (χ3n) is 3.24. The Bertz CT molecular complexity index is 144. The van der Waals surface area contributed by atoms with Gasteiger partial charge in [0, 0.05) is 13.7 Å². The van der Waals surface area contributed by atoms with Gasteiger partial charge in [-0.15, -0.1) is 0 Å². The van der Waals surface area contributed by atoms with E-state index in [0.29, 0.717) is 0 Å². The summed E-state index contributed by atoms with van der Waals surface area (Å²) in [5, 5.41) is 0. The van der Waals surface area contributed by atoms with Gasteiger partial charge in [0.25, 0.3) is 0 Å². The third kappa shape index (κ3) is 5.79. The van der Waals surface area contributed by atoms with E-state index in [1.54, 1.807) is 0 Å². The molecule has 0 aromatic carbocycles. The second-order valence-corrected chi connectivity index (χ2v) is 4.97. The number of ether oxygens (including phenoxy) is 1. The van der Waals surface area contributed by atoms with Gasteiger partial charge < -0.3 is 9.64 Å². The fourth-order valence-electron chi connectivity index (χ4n) is 2.24. The maximum absolute atomic E-state index is 5.20. The molecule has 1 saturated heterocycles. The number of hydrogen-bond acceptors (Lipinski definition) is 3. The number of likely N-dealkylation sites (tertiary alicyclic amines) is 1. The van der Waals surface area contributed by atoms with Crippen LogP contribution in [0.25, 0.3) is 0 Å². The van der Waals surface area contributed by atoms with Crippen molar-refractivity contribution in [2.45, 2.75) is 32.1 Å². The number of methoxy groups -OCH3 is 1. The molecule has 0 saturated carbocycles. The first-order valence-electron chi connectivity index (χ1n) is 6.19. The molecule has 2 nitrogen and oxygen atoms in total. The maximum Gasteiger partial charge on any atom is 0.0491 e. The molecule has 1 aliphatic rings. The molecule has 0 radical (unpaired) electrons. The summed E-state index contributed by atoms with van der Waals surface area (Å²) in [7, 11) is 1.81. The van der Waals surface area contributed by atoms with E-state index >= 15 is 0 Å². The van der Waals surface area contributed by atoms with Crippen LogP contribution in [0.2, 0.25) is 0 Å². The molecule has 0 atom stereocenters. The van der Waals surface area contributed by atoms with Crippen LogP contribution in [0.5, 0.6) is 0 Å². The standard InChI is InChI=1S/C12H25NOS/c1-14-11-12-5-8-13(9-6-12)7-3-2-4-10-15/h12,15H,2-11H2,1H3. The molecule has 0 N–H and O–H groups in total. The van der Waals surface area contributed by atoms with E-state index in [1.807, 2.05) is 7.11 Å². The highest BCUT2D eigenvalue weighted by molar-refractivity contribution is 7.80. The summed E-state index contributed by atoms with van der Waals surface area (Å²) < 4.78 is 5.20. The lowest BCUT2D eigenvalue weighted by Crippen LogP contribution is -2.35. The summed E-state index contributed by atoms with van der Waals surface area (Å²) in [6.07, 6.45) is 6.58. The molecule has 0 unspecified atom stereocenters. The Kier molecular flexibility index (Phi) is 7.49. The molecular weight excluding hydrogens is 206 g/mol. The Morgan fingerprint density at radius 2 is 1.93 bits per heavy atom. The molecule has 1 fully saturated rings. The van der Waals surface area contributed by atoms with Crippen LogP contribution in [0.4, 0.5) is 0 Å². The summed E-state index contributed by atoms with van der Waals surface area (Å²) in [5.41, 5.74) is 0. The van der Waals surface area contributed by atoms with Crippen LogP contribution in [-0.2, 0) is 4.74 Å². The Labute approximate surface area is 99.8 Å². The van der Waals surface area contributed by atoms with E-state index in [2.05, 4.69) is 17.5 Å². The van der Waals surface area contributed by atoms with E-state index in [9.17, 15) is 0 Å². The van der Waals surface area contributed by atoms with Gasteiger partial charge in [0.15, 0.2) is 0 Å². The Balaban J connectivity index is 1.99. The first-order valence-corrected chi connectivity index (χ1v) is 6.82. The summed E-state index contributed by atoms with van der Waals surface area (Å²) in [6, 6.07) is 0. The molecule has 0 aliphatic carbocycles. The average molecular weight is 231 g/mol. The highest BCUT2D eigenvalue weighted by atomic mass is 32.1. The van der Waals surface area contributed by atoms with E-state index in [-0.39, 0.29) is 0 Å². The highest BCUT2D eigenvalue weighted by Crippen LogP contribution is 2.17. The first-order chi connectivity index (χ1) is 7.36. The van der Waals surface area contributed by atoms with Crippen molar-refractivity contribution < 1.29 is 4.74 Å². The van der Waals surface area contributed by atoms with Crippen molar-refractivity contribution in [2.24, 2.45) is 5.92 Å². The van der Waals surface area contributed by atoms with Gasteiger partial charge in [0.05, 0.1) is 0 Å². The minimum atomic E-state index is 0.809. The van der Waals surface area contributed by atoms with Crippen molar-refractivity contribution in [3.05, 3.63) is 0 Å². The van der Waals surface area contributed by atoms with Crippen LogP contribution in [0, 0.1) is 5.92 Å². The summed E-state index contributed by atoms with van der Waals surface area (Å²) in [6.45, 7) is 4.78. The van der Waals surface area contributed by atoms with Gasteiger partial charge in [0.1, 0.15) is 0 Å². The van der Waals surface area contributed by atoms with Gasteiger partial charge in [-0.05, 0) is 57.0 Å². The lowest BCUT2D eigenvalue weighted by atomic mass is 9.97. The number of thiol groups is 1. The van der Waals surface area contributed by atoms with Crippen molar-refractivity contribution in [1.29, 1.82) is 0 Å².